The summed E-state index contributed by atoms with van der Waals surface area (Å²) in [6, 6.07) is 5.91. The van der Waals surface area contributed by atoms with Crippen molar-refractivity contribution in [2.24, 2.45) is 5.73 Å². The van der Waals surface area contributed by atoms with Crippen LogP contribution in [0.1, 0.15) is 31.6 Å². The Kier molecular flexibility index (Phi) is 4.25. The molecule has 0 radical (unpaired) electrons. The van der Waals surface area contributed by atoms with Gasteiger partial charge in [0.1, 0.15) is 0 Å². The van der Waals surface area contributed by atoms with E-state index >= 15 is 0 Å². The number of anilines is 1. The van der Waals surface area contributed by atoms with Crippen LogP contribution in [0.4, 0.5) is 5.82 Å². The Balaban J connectivity index is 2.08. The molecule has 2 heterocycles. The van der Waals surface area contributed by atoms with E-state index in [9.17, 15) is 4.79 Å². The van der Waals surface area contributed by atoms with Gasteiger partial charge in [0.2, 0.25) is 5.91 Å². The predicted octanol–water partition coefficient (Wildman–Crippen LogP) is 2.90. The maximum Gasteiger partial charge on any atom is 0.245 e. The Morgan fingerprint density at radius 1 is 1.55 bits per heavy atom. The first kappa shape index (κ1) is 14.7. The van der Waals surface area contributed by atoms with Crippen molar-refractivity contribution in [2.45, 2.75) is 39.2 Å². The molecule has 108 valence electrons. The number of aromatic nitrogens is 2. The largest absolute Gasteiger partial charge is 0.318 e. The predicted molar refractivity (Wildman–Crippen MR) is 82.8 cm³/mol. The van der Waals surface area contributed by atoms with E-state index in [4.69, 9.17) is 5.73 Å². The van der Waals surface area contributed by atoms with Crippen molar-refractivity contribution in [1.82, 2.24) is 10.2 Å². The Morgan fingerprint density at radius 3 is 2.90 bits per heavy atom. The lowest BCUT2D eigenvalue weighted by molar-refractivity contribution is -0.120. The first-order valence-corrected chi connectivity index (χ1v) is 7.46. The van der Waals surface area contributed by atoms with Gasteiger partial charge in [-0.25, -0.2) is 0 Å². The summed E-state index contributed by atoms with van der Waals surface area (Å²) in [7, 11) is 0. The van der Waals surface area contributed by atoms with Crippen LogP contribution < -0.4 is 11.1 Å². The zero-order chi connectivity index (χ0) is 14.8. The fourth-order valence-electron chi connectivity index (χ4n) is 1.98. The molecule has 0 saturated carbocycles. The highest BCUT2D eigenvalue weighted by Gasteiger charge is 2.27. The maximum atomic E-state index is 12.1. The molecule has 0 fully saturated rings. The fraction of sp³-hybridized carbons (Fsp3) is 0.429. The SMILES string of the molecule is CCCC(C)(N)C(=O)Nc1cc(-c2ccc(C)s2)[nH]n1. The molecule has 5 nitrogen and oxygen atoms in total. The molecule has 20 heavy (non-hydrogen) atoms. The van der Waals surface area contributed by atoms with Crippen molar-refractivity contribution in [3.05, 3.63) is 23.1 Å². The number of rotatable bonds is 5. The number of amides is 1. The normalized spacial score (nSPS) is 14.0. The lowest BCUT2D eigenvalue weighted by Crippen LogP contribution is -2.48. The molecule has 6 heteroatoms. The standard InChI is InChI=1S/C14H20N4OS/c1-4-7-14(3,15)13(19)16-12-8-10(17-18-12)11-6-5-9(2)20-11/h5-6,8H,4,7,15H2,1-3H3,(H2,16,17,18,19). The summed E-state index contributed by atoms with van der Waals surface area (Å²) in [5.74, 6) is 0.295. The number of thiophene rings is 1. The second-order valence-corrected chi connectivity index (χ2v) is 6.49. The lowest BCUT2D eigenvalue weighted by atomic mass is 9.97. The number of nitrogens with one attached hydrogen (secondary N) is 2. The van der Waals surface area contributed by atoms with Gasteiger partial charge < -0.3 is 11.1 Å². The zero-order valence-electron chi connectivity index (χ0n) is 12.0. The van der Waals surface area contributed by atoms with Crippen LogP contribution in [0.5, 0.6) is 0 Å². The van der Waals surface area contributed by atoms with Crippen LogP contribution in [-0.2, 0) is 4.79 Å². The number of hydrogen-bond donors (Lipinski definition) is 3. The lowest BCUT2D eigenvalue weighted by Gasteiger charge is -2.21. The number of aromatic amines is 1. The molecule has 1 amide bonds. The molecule has 2 aromatic heterocycles. The van der Waals surface area contributed by atoms with Crippen LogP contribution in [0.2, 0.25) is 0 Å². The van der Waals surface area contributed by atoms with Gasteiger partial charge >= 0.3 is 0 Å². The number of carbonyl (C=O) groups excluding carboxylic acids is 1. The number of carbonyl (C=O) groups is 1. The van der Waals surface area contributed by atoms with Crippen molar-refractivity contribution in [1.29, 1.82) is 0 Å². The van der Waals surface area contributed by atoms with Crippen molar-refractivity contribution < 1.29 is 4.79 Å². The van der Waals surface area contributed by atoms with E-state index in [0.29, 0.717) is 12.2 Å². The van der Waals surface area contributed by atoms with Crippen molar-refractivity contribution >= 4 is 23.1 Å². The third kappa shape index (κ3) is 3.26. The van der Waals surface area contributed by atoms with E-state index in [1.807, 2.05) is 19.1 Å². The minimum atomic E-state index is -0.868. The van der Waals surface area contributed by atoms with Gasteiger partial charge in [-0.1, -0.05) is 13.3 Å². The first-order chi connectivity index (χ1) is 9.42. The van der Waals surface area contributed by atoms with E-state index in [-0.39, 0.29) is 5.91 Å². The molecule has 0 spiro atoms. The summed E-state index contributed by atoms with van der Waals surface area (Å²) in [4.78, 5) is 14.4. The zero-order valence-corrected chi connectivity index (χ0v) is 12.8. The highest BCUT2D eigenvalue weighted by atomic mass is 32.1. The van der Waals surface area contributed by atoms with Crippen LogP contribution in [-0.4, -0.2) is 21.6 Å². The third-order valence-electron chi connectivity index (χ3n) is 3.11. The highest BCUT2D eigenvalue weighted by molar-refractivity contribution is 7.15. The molecule has 4 N–H and O–H groups in total. The Hall–Kier alpha value is -1.66. The van der Waals surface area contributed by atoms with Gasteiger partial charge in [-0.2, -0.15) is 5.10 Å². The van der Waals surface area contributed by atoms with Crippen LogP contribution in [0.25, 0.3) is 10.6 Å². The molecule has 0 aliphatic carbocycles. The van der Waals surface area contributed by atoms with Gasteiger partial charge in [0, 0.05) is 10.9 Å². The molecule has 2 aromatic rings. The fourth-order valence-corrected chi connectivity index (χ4v) is 2.82. The van der Waals surface area contributed by atoms with Crippen LogP contribution >= 0.6 is 11.3 Å². The highest BCUT2D eigenvalue weighted by Crippen LogP contribution is 2.27. The molecule has 1 unspecified atom stereocenters. The minimum Gasteiger partial charge on any atom is -0.318 e. The average molecular weight is 292 g/mol. The van der Waals surface area contributed by atoms with Gasteiger partial charge in [0.25, 0.3) is 0 Å². The number of nitrogens with two attached hydrogens (primary N) is 1. The topological polar surface area (TPSA) is 83.8 Å². The molecule has 0 bridgehead atoms. The minimum absolute atomic E-state index is 0.209. The van der Waals surface area contributed by atoms with E-state index in [0.717, 1.165) is 17.0 Å². The summed E-state index contributed by atoms with van der Waals surface area (Å²) >= 11 is 1.68. The van der Waals surface area contributed by atoms with Crippen molar-refractivity contribution in [3.8, 4) is 10.6 Å². The van der Waals surface area contributed by atoms with Gasteiger partial charge in [-0.3, -0.25) is 9.89 Å². The molecule has 0 aliphatic rings. The summed E-state index contributed by atoms with van der Waals surface area (Å²) < 4.78 is 0. The smallest absolute Gasteiger partial charge is 0.245 e. The quantitative estimate of drug-likeness (QED) is 0.792. The van der Waals surface area contributed by atoms with E-state index in [1.54, 1.807) is 18.3 Å². The van der Waals surface area contributed by atoms with E-state index < -0.39 is 5.54 Å². The number of H-pyrrole nitrogens is 1. The van der Waals surface area contributed by atoms with Crippen molar-refractivity contribution in [3.63, 3.8) is 0 Å². The molecule has 0 saturated heterocycles. The van der Waals surface area contributed by atoms with Gasteiger partial charge in [0.15, 0.2) is 5.82 Å². The van der Waals surface area contributed by atoms with Gasteiger partial charge in [0.05, 0.1) is 16.1 Å². The third-order valence-corrected chi connectivity index (χ3v) is 4.15. The summed E-state index contributed by atoms with van der Waals surface area (Å²) in [6.45, 7) is 5.80. The number of aryl methyl sites for hydroxylation is 1. The van der Waals surface area contributed by atoms with Crippen LogP contribution in [0.15, 0.2) is 18.2 Å². The molecular weight excluding hydrogens is 272 g/mol. The summed E-state index contributed by atoms with van der Waals surface area (Å²) in [5.41, 5.74) is 6.02. The average Bonchev–Trinajstić information content (AvgIpc) is 2.98. The van der Waals surface area contributed by atoms with Gasteiger partial charge in [-0.05, 0) is 32.4 Å². The van der Waals surface area contributed by atoms with Crippen LogP contribution in [0.3, 0.4) is 0 Å². The molecule has 2 rings (SSSR count). The number of hydrogen-bond acceptors (Lipinski definition) is 4. The monoisotopic (exact) mass is 292 g/mol. The summed E-state index contributed by atoms with van der Waals surface area (Å²) in [6.07, 6.45) is 1.50. The molecular formula is C14H20N4OS. The first-order valence-electron chi connectivity index (χ1n) is 6.65. The Labute approximate surface area is 122 Å². The van der Waals surface area contributed by atoms with E-state index in [2.05, 4.69) is 28.5 Å². The van der Waals surface area contributed by atoms with Gasteiger partial charge in [-0.15, -0.1) is 11.3 Å². The van der Waals surface area contributed by atoms with Crippen LogP contribution in [0, 0.1) is 6.92 Å². The van der Waals surface area contributed by atoms with Crippen molar-refractivity contribution in [2.75, 3.05) is 5.32 Å². The Bertz CT molecular complexity index is 600. The maximum absolute atomic E-state index is 12.1. The second-order valence-electron chi connectivity index (χ2n) is 5.20. The Morgan fingerprint density at radius 2 is 2.30 bits per heavy atom. The number of nitrogens with zero attached hydrogens (tertiary/aromatic N) is 1. The summed E-state index contributed by atoms with van der Waals surface area (Å²) in [5, 5.41) is 9.80. The molecule has 0 aromatic carbocycles. The molecule has 0 aliphatic heterocycles. The second kappa shape index (κ2) is 5.76. The van der Waals surface area contributed by atoms with E-state index in [1.165, 1.54) is 4.88 Å². The molecule has 1 atom stereocenters.